The molecular formula is C11H20N4O2S. The standard InChI is InChI=1S/C11H20N4O2S/c1-11(2)7-15(5-4-14(11)3)10(17)9(16)13-6-8(12)18/h4-7H2,1-3H3,(H2,12,18)(H,13,16). The third-order valence-electron chi connectivity index (χ3n) is 3.22. The van der Waals surface area contributed by atoms with Gasteiger partial charge in [-0.25, -0.2) is 0 Å². The number of thiocarbonyl (C=S) groups is 1. The first-order valence-corrected chi connectivity index (χ1v) is 6.21. The van der Waals surface area contributed by atoms with E-state index in [1.807, 2.05) is 20.9 Å². The summed E-state index contributed by atoms with van der Waals surface area (Å²) in [5.41, 5.74) is 5.14. The first kappa shape index (κ1) is 14.8. The minimum atomic E-state index is -0.650. The Hall–Kier alpha value is -1.21. The first-order valence-electron chi connectivity index (χ1n) is 5.80. The summed E-state index contributed by atoms with van der Waals surface area (Å²) in [6.07, 6.45) is 0. The molecule has 1 saturated heterocycles. The van der Waals surface area contributed by atoms with Crippen LogP contribution in [0.1, 0.15) is 13.8 Å². The van der Waals surface area contributed by atoms with Crippen LogP contribution in [0.2, 0.25) is 0 Å². The van der Waals surface area contributed by atoms with Gasteiger partial charge >= 0.3 is 11.8 Å². The lowest BCUT2D eigenvalue weighted by Gasteiger charge is -2.45. The molecule has 18 heavy (non-hydrogen) atoms. The molecule has 2 amide bonds. The zero-order valence-electron chi connectivity index (χ0n) is 11.0. The number of nitrogens with two attached hydrogens (primary N) is 1. The monoisotopic (exact) mass is 272 g/mol. The van der Waals surface area contributed by atoms with Gasteiger partial charge in [0.25, 0.3) is 0 Å². The van der Waals surface area contributed by atoms with Crippen LogP contribution < -0.4 is 11.1 Å². The zero-order chi connectivity index (χ0) is 13.9. The molecular weight excluding hydrogens is 252 g/mol. The van der Waals surface area contributed by atoms with Gasteiger partial charge in [-0.1, -0.05) is 12.2 Å². The van der Waals surface area contributed by atoms with Crippen LogP contribution in [0.4, 0.5) is 0 Å². The number of hydrogen-bond acceptors (Lipinski definition) is 4. The van der Waals surface area contributed by atoms with Gasteiger partial charge in [0.05, 0.1) is 11.5 Å². The van der Waals surface area contributed by atoms with Gasteiger partial charge < -0.3 is 16.0 Å². The van der Waals surface area contributed by atoms with Gasteiger partial charge in [-0.2, -0.15) is 0 Å². The third-order valence-corrected chi connectivity index (χ3v) is 3.37. The van der Waals surface area contributed by atoms with Crippen molar-refractivity contribution in [1.29, 1.82) is 0 Å². The molecule has 0 saturated carbocycles. The number of hydrogen-bond donors (Lipinski definition) is 2. The molecule has 1 aliphatic heterocycles. The van der Waals surface area contributed by atoms with Crippen LogP contribution in [-0.4, -0.2) is 65.4 Å². The van der Waals surface area contributed by atoms with Crippen molar-refractivity contribution in [3.05, 3.63) is 0 Å². The SMILES string of the molecule is CN1CCN(C(=O)C(=O)NCC(N)=S)CC1(C)C. The average molecular weight is 272 g/mol. The highest BCUT2D eigenvalue weighted by atomic mass is 32.1. The summed E-state index contributed by atoms with van der Waals surface area (Å²) >= 11 is 4.64. The van der Waals surface area contributed by atoms with Crippen LogP contribution in [0.3, 0.4) is 0 Å². The molecule has 0 aromatic carbocycles. The van der Waals surface area contributed by atoms with E-state index in [1.165, 1.54) is 0 Å². The number of nitrogens with one attached hydrogen (secondary N) is 1. The van der Waals surface area contributed by atoms with Gasteiger partial charge in [0.2, 0.25) is 0 Å². The number of likely N-dealkylation sites (N-methyl/N-ethyl adjacent to an activating group) is 1. The number of carbonyl (C=O) groups excluding carboxylic acids is 2. The summed E-state index contributed by atoms with van der Waals surface area (Å²) in [7, 11) is 2.01. The van der Waals surface area contributed by atoms with Gasteiger partial charge in [0.15, 0.2) is 0 Å². The van der Waals surface area contributed by atoms with E-state index in [4.69, 9.17) is 5.73 Å². The number of amides is 2. The van der Waals surface area contributed by atoms with Crippen LogP contribution >= 0.6 is 12.2 Å². The van der Waals surface area contributed by atoms with Gasteiger partial charge in [-0.3, -0.25) is 14.5 Å². The Bertz CT molecular complexity index is 370. The maximum atomic E-state index is 11.9. The zero-order valence-corrected chi connectivity index (χ0v) is 11.8. The Kier molecular flexibility index (Phi) is 4.64. The third kappa shape index (κ3) is 3.64. The van der Waals surface area contributed by atoms with E-state index in [0.29, 0.717) is 13.1 Å². The minimum Gasteiger partial charge on any atom is -0.392 e. The molecule has 0 bridgehead atoms. The Morgan fingerprint density at radius 3 is 2.50 bits per heavy atom. The van der Waals surface area contributed by atoms with Gasteiger partial charge in [-0.15, -0.1) is 0 Å². The summed E-state index contributed by atoms with van der Waals surface area (Å²) in [6.45, 7) is 5.97. The maximum Gasteiger partial charge on any atom is 0.311 e. The highest BCUT2D eigenvalue weighted by molar-refractivity contribution is 7.80. The summed E-state index contributed by atoms with van der Waals surface area (Å²) in [5.74, 6) is -1.17. The lowest BCUT2D eigenvalue weighted by atomic mass is 10.00. The molecule has 0 atom stereocenters. The molecule has 0 aliphatic carbocycles. The molecule has 1 heterocycles. The number of carbonyl (C=O) groups is 2. The second kappa shape index (κ2) is 5.62. The van der Waals surface area contributed by atoms with Crippen molar-refractivity contribution in [3.8, 4) is 0 Å². The van der Waals surface area contributed by atoms with Crippen molar-refractivity contribution in [3.63, 3.8) is 0 Å². The molecule has 0 aromatic heterocycles. The van der Waals surface area contributed by atoms with Gasteiger partial charge in [-0.05, 0) is 20.9 Å². The van der Waals surface area contributed by atoms with Crippen molar-refractivity contribution in [2.24, 2.45) is 5.73 Å². The lowest BCUT2D eigenvalue weighted by Crippen LogP contribution is -2.60. The van der Waals surface area contributed by atoms with E-state index >= 15 is 0 Å². The molecule has 0 unspecified atom stereocenters. The van der Waals surface area contributed by atoms with E-state index in [-0.39, 0.29) is 17.1 Å². The highest BCUT2D eigenvalue weighted by Gasteiger charge is 2.35. The van der Waals surface area contributed by atoms with E-state index in [9.17, 15) is 9.59 Å². The van der Waals surface area contributed by atoms with Crippen LogP contribution in [0, 0.1) is 0 Å². The Morgan fingerprint density at radius 1 is 1.39 bits per heavy atom. The molecule has 0 aromatic rings. The molecule has 1 aliphatic rings. The summed E-state index contributed by atoms with van der Waals surface area (Å²) in [6, 6.07) is 0. The van der Waals surface area contributed by atoms with Crippen LogP contribution in [0.15, 0.2) is 0 Å². The average Bonchev–Trinajstić information content (AvgIpc) is 2.28. The van der Waals surface area contributed by atoms with Crippen molar-refractivity contribution < 1.29 is 9.59 Å². The molecule has 7 heteroatoms. The van der Waals surface area contributed by atoms with Crippen LogP contribution in [-0.2, 0) is 9.59 Å². The normalized spacial score (nSPS) is 19.4. The predicted octanol–water partition coefficient (Wildman–Crippen LogP) is -1.06. The molecule has 3 N–H and O–H groups in total. The van der Waals surface area contributed by atoms with E-state index in [2.05, 4.69) is 22.4 Å². The smallest absolute Gasteiger partial charge is 0.311 e. The maximum absolute atomic E-state index is 11.9. The summed E-state index contributed by atoms with van der Waals surface area (Å²) < 4.78 is 0. The molecule has 6 nitrogen and oxygen atoms in total. The fourth-order valence-electron chi connectivity index (χ4n) is 1.80. The minimum absolute atomic E-state index is 0.0526. The Morgan fingerprint density at radius 2 is 2.00 bits per heavy atom. The molecule has 1 fully saturated rings. The molecule has 0 radical (unpaired) electrons. The summed E-state index contributed by atoms with van der Waals surface area (Å²) in [5, 5.41) is 2.41. The predicted molar refractivity (Wildman–Crippen MR) is 73.1 cm³/mol. The Labute approximate surface area is 112 Å². The number of rotatable bonds is 2. The van der Waals surface area contributed by atoms with E-state index in [1.54, 1.807) is 4.90 Å². The largest absolute Gasteiger partial charge is 0.392 e. The first-order chi connectivity index (χ1) is 8.24. The second-order valence-corrected chi connectivity index (χ2v) is 5.63. The fraction of sp³-hybridized carbons (Fsp3) is 0.727. The van der Waals surface area contributed by atoms with E-state index < -0.39 is 11.8 Å². The second-order valence-electron chi connectivity index (χ2n) is 5.11. The number of piperazine rings is 1. The quantitative estimate of drug-likeness (QED) is 0.495. The van der Waals surface area contributed by atoms with Crippen LogP contribution in [0.25, 0.3) is 0 Å². The molecule has 0 spiro atoms. The number of nitrogens with zero attached hydrogens (tertiary/aromatic N) is 2. The molecule has 102 valence electrons. The van der Waals surface area contributed by atoms with Crippen molar-refractivity contribution >= 4 is 29.0 Å². The summed E-state index contributed by atoms with van der Waals surface area (Å²) in [4.78, 5) is 27.4. The van der Waals surface area contributed by atoms with Crippen LogP contribution in [0.5, 0.6) is 0 Å². The lowest BCUT2D eigenvalue weighted by molar-refractivity contribution is -0.148. The highest BCUT2D eigenvalue weighted by Crippen LogP contribution is 2.18. The fourth-order valence-corrected chi connectivity index (χ4v) is 1.87. The molecule has 1 rings (SSSR count). The van der Waals surface area contributed by atoms with Gasteiger partial charge in [0, 0.05) is 25.2 Å². The van der Waals surface area contributed by atoms with Crippen molar-refractivity contribution in [2.75, 3.05) is 33.2 Å². The van der Waals surface area contributed by atoms with Gasteiger partial charge in [0.1, 0.15) is 0 Å². The Balaban J connectivity index is 2.57. The van der Waals surface area contributed by atoms with Crippen molar-refractivity contribution in [1.82, 2.24) is 15.1 Å². The van der Waals surface area contributed by atoms with E-state index in [0.717, 1.165) is 6.54 Å². The topological polar surface area (TPSA) is 78.7 Å². The van der Waals surface area contributed by atoms with Crippen molar-refractivity contribution in [2.45, 2.75) is 19.4 Å².